The van der Waals surface area contributed by atoms with Gasteiger partial charge in [-0.1, -0.05) is 30.3 Å². The van der Waals surface area contributed by atoms with Crippen molar-refractivity contribution in [3.05, 3.63) is 58.6 Å². The Hall–Kier alpha value is -3.15. The van der Waals surface area contributed by atoms with Gasteiger partial charge in [-0.25, -0.2) is 0 Å². The fraction of sp³-hybridized carbons (Fsp3) is 0.0625. The molecule has 0 bridgehead atoms. The zero-order valence-corrected chi connectivity index (χ0v) is 11.7. The molecule has 3 aromatic rings. The van der Waals surface area contributed by atoms with Crippen LogP contribution in [0.1, 0.15) is 6.92 Å². The van der Waals surface area contributed by atoms with Gasteiger partial charge >= 0.3 is 5.88 Å². The maximum atomic E-state index is 11.3. The van der Waals surface area contributed by atoms with Crippen molar-refractivity contribution in [2.45, 2.75) is 6.92 Å². The van der Waals surface area contributed by atoms with Gasteiger partial charge in [0.15, 0.2) is 0 Å². The van der Waals surface area contributed by atoms with Crippen molar-refractivity contribution in [2.24, 2.45) is 0 Å². The van der Waals surface area contributed by atoms with Crippen molar-refractivity contribution < 1.29 is 14.1 Å². The Kier molecular flexibility index (Phi) is 3.34. The summed E-state index contributed by atoms with van der Waals surface area (Å²) in [7, 11) is 0. The lowest BCUT2D eigenvalue weighted by Gasteiger charge is -2.01. The third-order valence-electron chi connectivity index (χ3n) is 3.22. The summed E-state index contributed by atoms with van der Waals surface area (Å²) in [6, 6.07) is 14.0. The van der Waals surface area contributed by atoms with Crippen LogP contribution >= 0.6 is 0 Å². The van der Waals surface area contributed by atoms with Crippen LogP contribution in [0.2, 0.25) is 0 Å². The smallest absolute Gasteiger partial charge is 0.400 e. The summed E-state index contributed by atoms with van der Waals surface area (Å²) in [4.78, 5) is 21.8. The predicted molar refractivity (Wildman–Crippen MR) is 82.6 cm³/mol. The fourth-order valence-corrected chi connectivity index (χ4v) is 2.38. The largest absolute Gasteiger partial charge is 0.442 e. The highest BCUT2D eigenvalue weighted by Gasteiger charge is 2.25. The van der Waals surface area contributed by atoms with Crippen molar-refractivity contribution in [3.63, 3.8) is 0 Å². The Labute approximate surface area is 125 Å². The lowest BCUT2D eigenvalue weighted by molar-refractivity contribution is -0.400. The predicted octanol–water partition coefficient (Wildman–Crippen LogP) is 3.97. The van der Waals surface area contributed by atoms with Crippen LogP contribution in [0.5, 0.6) is 0 Å². The molecular formula is C16H12N2O4. The van der Waals surface area contributed by atoms with Crippen LogP contribution < -0.4 is 5.32 Å². The summed E-state index contributed by atoms with van der Waals surface area (Å²) in [5.74, 6) is -0.523. The number of carbonyl (C=O) groups excluding carboxylic acids is 1. The second-order valence-electron chi connectivity index (χ2n) is 4.80. The number of furan rings is 1. The minimum absolute atomic E-state index is 0.219. The maximum Gasteiger partial charge on any atom is 0.442 e. The number of anilines is 1. The molecule has 0 aliphatic heterocycles. The lowest BCUT2D eigenvalue weighted by Crippen LogP contribution is -2.05. The molecule has 110 valence electrons. The van der Waals surface area contributed by atoms with Gasteiger partial charge in [-0.05, 0) is 17.7 Å². The molecule has 2 aromatic carbocycles. The third kappa shape index (κ3) is 2.42. The van der Waals surface area contributed by atoms with E-state index in [9.17, 15) is 14.9 Å². The van der Waals surface area contributed by atoms with E-state index >= 15 is 0 Å². The Morgan fingerprint density at radius 1 is 1.18 bits per heavy atom. The van der Waals surface area contributed by atoms with E-state index in [4.69, 9.17) is 4.42 Å². The Morgan fingerprint density at radius 2 is 1.91 bits per heavy atom. The second kappa shape index (κ2) is 5.33. The van der Waals surface area contributed by atoms with Crippen LogP contribution in [0.25, 0.3) is 22.1 Å². The molecule has 0 aliphatic carbocycles. The van der Waals surface area contributed by atoms with E-state index in [-0.39, 0.29) is 11.8 Å². The van der Waals surface area contributed by atoms with Gasteiger partial charge < -0.3 is 9.73 Å². The van der Waals surface area contributed by atoms with Crippen molar-refractivity contribution in [2.75, 3.05) is 5.32 Å². The molecule has 6 heteroatoms. The molecule has 0 fully saturated rings. The number of hydrogen-bond acceptors (Lipinski definition) is 4. The molecule has 0 radical (unpaired) electrons. The van der Waals surface area contributed by atoms with Gasteiger partial charge in [0.1, 0.15) is 16.1 Å². The molecule has 0 spiro atoms. The number of nitro groups is 1. The number of carbonyl (C=O) groups is 1. The molecule has 1 amide bonds. The first-order chi connectivity index (χ1) is 10.6. The molecular weight excluding hydrogens is 284 g/mol. The highest BCUT2D eigenvalue weighted by Crippen LogP contribution is 2.40. The first-order valence-corrected chi connectivity index (χ1v) is 6.60. The summed E-state index contributed by atoms with van der Waals surface area (Å²) in [5, 5.41) is 14.5. The summed E-state index contributed by atoms with van der Waals surface area (Å²) < 4.78 is 5.39. The van der Waals surface area contributed by atoms with Gasteiger partial charge in [-0.15, -0.1) is 0 Å². The average Bonchev–Trinajstić information content (AvgIpc) is 2.86. The normalized spacial score (nSPS) is 10.6. The zero-order valence-electron chi connectivity index (χ0n) is 11.7. The van der Waals surface area contributed by atoms with Crippen LogP contribution in [-0.2, 0) is 4.79 Å². The van der Waals surface area contributed by atoms with Crippen LogP contribution in [0, 0.1) is 10.1 Å². The van der Waals surface area contributed by atoms with E-state index in [1.165, 1.54) is 6.92 Å². The highest BCUT2D eigenvalue weighted by atomic mass is 16.6. The van der Waals surface area contributed by atoms with Crippen LogP contribution in [0.4, 0.5) is 11.6 Å². The number of benzene rings is 2. The first kappa shape index (κ1) is 13.8. The number of fused-ring (bicyclic) bond motifs is 1. The SMILES string of the molecule is CC(=O)Nc1ccc2c(-c3ccccc3)c([N+](=O)[O-])oc2c1. The molecule has 3 rings (SSSR count). The zero-order chi connectivity index (χ0) is 15.7. The fourth-order valence-electron chi connectivity index (χ4n) is 2.38. The van der Waals surface area contributed by atoms with E-state index in [1.807, 2.05) is 18.2 Å². The van der Waals surface area contributed by atoms with Crippen molar-refractivity contribution >= 4 is 28.4 Å². The van der Waals surface area contributed by atoms with Gasteiger partial charge in [0.05, 0.1) is 0 Å². The topological polar surface area (TPSA) is 85.4 Å². The molecule has 22 heavy (non-hydrogen) atoms. The van der Waals surface area contributed by atoms with Gasteiger partial charge in [-0.2, -0.15) is 0 Å². The monoisotopic (exact) mass is 296 g/mol. The van der Waals surface area contributed by atoms with Crippen LogP contribution in [0.15, 0.2) is 52.9 Å². The number of nitrogens with one attached hydrogen (secondary N) is 1. The molecule has 1 N–H and O–H groups in total. The Morgan fingerprint density at radius 3 is 2.55 bits per heavy atom. The maximum absolute atomic E-state index is 11.3. The average molecular weight is 296 g/mol. The lowest BCUT2D eigenvalue weighted by atomic mass is 10.0. The summed E-state index contributed by atoms with van der Waals surface area (Å²) >= 11 is 0. The molecule has 0 atom stereocenters. The molecule has 0 saturated heterocycles. The summed E-state index contributed by atoms with van der Waals surface area (Å²) in [6.45, 7) is 1.39. The molecule has 1 aromatic heterocycles. The van der Waals surface area contributed by atoms with Gasteiger partial charge in [0.2, 0.25) is 5.91 Å². The van der Waals surface area contributed by atoms with E-state index in [0.29, 0.717) is 27.8 Å². The van der Waals surface area contributed by atoms with Gasteiger partial charge in [0, 0.05) is 24.1 Å². The standard InChI is InChI=1S/C16H12N2O4/c1-10(19)17-12-7-8-13-14(9-12)22-16(18(20)21)15(13)11-5-3-2-4-6-11/h2-9H,1H3,(H,17,19). The molecule has 1 heterocycles. The van der Waals surface area contributed by atoms with Crippen molar-refractivity contribution in [1.29, 1.82) is 0 Å². The third-order valence-corrected chi connectivity index (χ3v) is 3.22. The molecule has 0 aliphatic rings. The number of hydrogen-bond donors (Lipinski definition) is 1. The van der Waals surface area contributed by atoms with Crippen LogP contribution in [0.3, 0.4) is 0 Å². The number of rotatable bonds is 3. The number of nitrogens with zero attached hydrogens (tertiary/aromatic N) is 1. The second-order valence-corrected chi connectivity index (χ2v) is 4.80. The van der Waals surface area contributed by atoms with E-state index in [2.05, 4.69) is 5.32 Å². The quantitative estimate of drug-likeness (QED) is 0.585. The Bertz CT molecular complexity index is 868. The first-order valence-electron chi connectivity index (χ1n) is 6.60. The number of amides is 1. The minimum atomic E-state index is -0.541. The Balaban J connectivity index is 2.23. The molecule has 0 saturated carbocycles. The van der Waals surface area contributed by atoms with E-state index in [0.717, 1.165) is 0 Å². The summed E-state index contributed by atoms with van der Waals surface area (Å²) in [5.41, 5.74) is 2.04. The van der Waals surface area contributed by atoms with Crippen LogP contribution in [-0.4, -0.2) is 10.8 Å². The van der Waals surface area contributed by atoms with Gasteiger partial charge in [-0.3, -0.25) is 14.9 Å². The van der Waals surface area contributed by atoms with E-state index < -0.39 is 4.92 Å². The molecule has 6 nitrogen and oxygen atoms in total. The summed E-state index contributed by atoms with van der Waals surface area (Å²) in [6.07, 6.45) is 0. The molecule has 0 unspecified atom stereocenters. The van der Waals surface area contributed by atoms with E-state index in [1.54, 1.807) is 30.3 Å². The highest BCUT2D eigenvalue weighted by molar-refractivity contribution is 6.01. The minimum Gasteiger partial charge on any atom is -0.400 e. The van der Waals surface area contributed by atoms with Crippen molar-refractivity contribution in [3.8, 4) is 11.1 Å². The van der Waals surface area contributed by atoms with Gasteiger partial charge in [0.25, 0.3) is 0 Å². The van der Waals surface area contributed by atoms with Crippen molar-refractivity contribution in [1.82, 2.24) is 0 Å².